The SMILES string of the molecule is COc1ccc(CC(=O)N2CCN(c3c(C)n(-c4ccccc4)c(=O)n(C)c3=O)CC2)cc1. The zero-order valence-electron chi connectivity index (χ0n) is 19.2. The molecule has 33 heavy (non-hydrogen) atoms. The summed E-state index contributed by atoms with van der Waals surface area (Å²) in [5.41, 5.74) is 2.06. The molecule has 1 amide bonds. The number of carbonyl (C=O) groups is 1. The maximum absolute atomic E-state index is 13.0. The molecule has 0 atom stereocenters. The second-order valence-electron chi connectivity index (χ2n) is 8.14. The Hall–Kier alpha value is -3.81. The summed E-state index contributed by atoms with van der Waals surface area (Å²) in [4.78, 5) is 42.5. The Morgan fingerprint density at radius 3 is 2.18 bits per heavy atom. The van der Waals surface area contributed by atoms with E-state index in [1.165, 1.54) is 7.05 Å². The molecule has 2 aromatic carbocycles. The standard InChI is InChI=1S/C25H28N4O4/c1-18-23(24(31)26(2)25(32)29(18)20-7-5-4-6-8-20)28-15-13-27(14-16-28)22(30)17-19-9-11-21(33-3)12-10-19/h4-12H,13-17H2,1-3H3. The quantitative estimate of drug-likeness (QED) is 0.594. The number of piperazine rings is 1. The number of aromatic nitrogens is 2. The molecule has 8 heteroatoms. The van der Waals surface area contributed by atoms with Gasteiger partial charge in [-0.2, -0.15) is 0 Å². The van der Waals surface area contributed by atoms with Crippen molar-refractivity contribution in [3.8, 4) is 11.4 Å². The average Bonchev–Trinajstić information content (AvgIpc) is 2.84. The van der Waals surface area contributed by atoms with Crippen molar-refractivity contribution in [1.82, 2.24) is 14.0 Å². The van der Waals surface area contributed by atoms with Crippen molar-refractivity contribution in [1.29, 1.82) is 0 Å². The normalized spacial score (nSPS) is 13.8. The zero-order chi connectivity index (χ0) is 23.5. The Bertz CT molecular complexity index is 1250. The average molecular weight is 449 g/mol. The lowest BCUT2D eigenvalue weighted by Crippen LogP contribution is -2.52. The van der Waals surface area contributed by atoms with E-state index in [2.05, 4.69) is 0 Å². The first-order valence-electron chi connectivity index (χ1n) is 10.9. The van der Waals surface area contributed by atoms with Crippen molar-refractivity contribution in [3.05, 3.63) is 86.7 Å². The number of rotatable bonds is 5. The van der Waals surface area contributed by atoms with Crippen LogP contribution in [0, 0.1) is 6.92 Å². The zero-order valence-corrected chi connectivity index (χ0v) is 19.2. The van der Waals surface area contributed by atoms with Crippen LogP contribution in [0.3, 0.4) is 0 Å². The minimum atomic E-state index is -0.374. The van der Waals surface area contributed by atoms with Gasteiger partial charge in [0.05, 0.1) is 24.9 Å². The van der Waals surface area contributed by atoms with Crippen molar-refractivity contribution >= 4 is 11.6 Å². The summed E-state index contributed by atoms with van der Waals surface area (Å²) in [6.07, 6.45) is 0.323. The highest BCUT2D eigenvalue weighted by Gasteiger charge is 2.26. The second-order valence-corrected chi connectivity index (χ2v) is 8.14. The van der Waals surface area contributed by atoms with Gasteiger partial charge in [0.2, 0.25) is 5.91 Å². The van der Waals surface area contributed by atoms with Gasteiger partial charge in [0, 0.05) is 33.2 Å². The molecule has 2 heterocycles. The van der Waals surface area contributed by atoms with Crippen LogP contribution in [0.1, 0.15) is 11.3 Å². The highest BCUT2D eigenvalue weighted by molar-refractivity contribution is 5.79. The fourth-order valence-corrected chi connectivity index (χ4v) is 4.25. The summed E-state index contributed by atoms with van der Waals surface area (Å²) in [6, 6.07) is 16.8. The van der Waals surface area contributed by atoms with Gasteiger partial charge < -0.3 is 14.5 Å². The summed E-state index contributed by atoms with van der Waals surface area (Å²) >= 11 is 0. The van der Waals surface area contributed by atoms with Crippen molar-refractivity contribution in [2.75, 3.05) is 38.2 Å². The molecule has 0 N–H and O–H groups in total. The molecule has 1 aliphatic rings. The molecule has 0 spiro atoms. The number of anilines is 1. The van der Waals surface area contributed by atoms with E-state index in [0.717, 1.165) is 15.9 Å². The monoisotopic (exact) mass is 448 g/mol. The Labute approximate surface area is 192 Å². The summed E-state index contributed by atoms with van der Waals surface area (Å²) in [5, 5.41) is 0. The van der Waals surface area contributed by atoms with Crippen LogP contribution in [0.25, 0.3) is 5.69 Å². The van der Waals surface area contributed by atoms with Crippen LogP contribution in [0.4, 0.5) is 5.69 Å². The Morgan fingerprint density at radius 1 is 0.939 bits per heavy atom. The third kappa shape index (κ3) is 4.41. The molecule has 1 aliphatic heterocycles. The third-order valence-corrected chi connectivity index (χ3v) is 6.14. The first-order chi connectivity index (χ1) is 15.9. The van der Waals surface area contributed by atoms with Gasteiger partial charge in [0.15, 0.2) is 0 Å². The maximum Gasteiger partial charge on any atom is 0.335 e. The van der Waals surface area contributed by atoms with E-state index < -0.39 is 0 Å². The van der Waals surface area contributed by atoms with Crippen LogP contribution in [-0.4, -0.2) is 53.2 Å². The molecule has 1 saturated heterocycles. The lowest BCUT2D eigenvalue weighted by atomic mass is 10.1. The van der Waals surface area contributed by atoms with Gasteiger partial charge >= 0.3 is 5.69 Å². The molecule has 3 aromatic rings. The van der Waals surface area contributed by atoms with Gasteiger partial charge in [-0.25, -0.2) is 4.79 Å². The van der Waals surface area contributed by atoms with Gasteiger partial charge in [-0.1, -0.05) is 30.3 Å². The Kier molecular flexibility index (Phi) is 6.35. The third-order valence-electron chi connectivity index (χ3n) is 6.14. The van der Waals surface area contributed by atoms with Gasteiger partial charge in [-0.05, 0) is 36.8 Å². The molecule has 0 aliphatic carbocycles. The molecule has 4 rings (SSSR count). The molecule has 1 aromatic heterocycles. The number of carbonyl (C=O) groups excluding carboxylic acids is 1. The van der Waals surface area contributed by atoms with Crippen molar-refractivity contribution < 1.29 is 9.53 Å². The van der Waals surface area contributed by atoms with E-state index in [1.54, 1.807) is 18.6 Å². The number of para-hydroxylation sites is 1. The predicted octanol–water partition coefficient (Wildman–Crippen LogP) is 1.74. The first-order valence-corrected chi connectivity index (χ1v) is 10.9. The molecule has 0 bridgehead atoms. The van der Waals surface area contributed by atoms with Gasteiger partial charge in [-0.15, -0.1) is 0 Å². The van der Waals surface area contributed by atoms with Crippen LogP contribution < -0.4 is 20.9 Å². The maximum atomic E-state index is 13.0. The van der Waals surface area contributed by atoms with Crippen molar-refractivity contribution in [3.63, 3.8) is 0 Å². The van der Waals surface area contributed by atoms with Crippen LogP contribution in [0.5, 0.6) is 5.75 Å². The molecule has 0 unspecified atom stereocenters. The Morgan fingerprint density at radius 2 is 1.58 bits per heavy atom. The van der Waals surface area contributed by atoms with Gasteiger partial charge in [0.25, 0.3) is 5.56 Å². The van der Waals surface area contributed by atoms with Crippen LogP contribution in [0.15, 0.2) is 64.2 Å². The molecule has 172 valence electrons. The summed E-state index contributed by atoms with van der Waals surface area (Å²) in [7, 11) is 3.11. The highest BCUT2D eigenvalue weighted by atomic mass is 16.5. The second kappa shape index (κ2) is 9.36. The number of benzene rings is 2. The number of amides is 1. The van der Waals surface area contributed by atoms with E-state index in [0.29, 0.717) is 49.7 Å². The van der Waals surface area contributed by atoms with E-state index in [9.17, 15) is 14.4 Å². The van der Waals surface area contributed by atoms with Gasteiger partial charge in [0.1, 0.15) is 11.4 Å². The number of hydrogen-bond acceptors (Lipinski definition) is 5. The number of ether oxygens (including phenoxy) is 1. The minimum absolute atomic E-state index is 0.0543. The first kappa shape index (κ1) is 22.4. The summed E-state index contributed by atoms with van der Waals surface area (Å²) in [6.45, 7) is 3.88. The fourth-order valence-electron chi connectivity index (χ4n) is 4.25. The molecular weight excluding hydrogens is 420 g/mol. The molecule has 8 nitrogen and oxygen atoms in total. The van der Waals surface area contributed by atoms with Crippen LogP contribution >= 0.6 is 0 Å². The number of nitrogens with zero attached hydrogens (tertiary/aromatic N) is 4. The fraction of sp³-hybridized carbons (Fsp3) is 0.320. The van der Waals surface area contributed by atoms with E-state index >= 15 is 0 Å². The smallest absolute Gasteiger partial charge is 0.335 e. The Balaban J connectivity index is 1.53. The number of methoxy groups -OCH3 is 1. The molecule has 0 radical (unpaired) electrons. The van der Waals surface area contributed by atoms with Crippen molar-refractivity contribution in [2.45, 2.75) is 13.3 Å². The summed E-state index contributed by atoms with van der Waals surface area (Å²) in [5.74, 6) is 0.812. The van der Waals surface area contributed by atoms with Crippen LogP contribution in [-0.2, 0) is 18.3 Å². The summed E-state index contributed by atoms with van der Waals surface area (Å²) < 4.78 is 7.88. The topological polar surface area (TPSA) is 76.8 Å². The van der Waals surface area contributed by atoms with Crippen LogP contribution in [0.2, 0.25) is 0 Å². The molecular formula is C25H28N4O4. The largest absolute Gasteiger partial charge is 0.497 e. The molecule has 0 saturated carbocycles. The minimum Gasteiger partial charge on any atom is -0.497 e. The van der Waals surface area contributed by atoms with E-state index in [4.69, 9.17) is 4.74 Å². The van der Waals surface area contributed by atoms with E-state index in [-0.39, 0.29) is 17.2 Å². The van der Waals surface area contributed by atoms with Gasteiger partial charge in [-0.3, -0.25) is 18.7 Å². The lowest BCUT2D eigenvalue weighted by molar-refractivity contribution is -0.130. The number of hydrogen-bond donors (Lipinski definition) is 0. The van der Waals surface area contributed by atoms with E-state index in [1.807, 2.05) is 64.4 Å². The lowest BCUT2D eigenvalue weighted by Gasteiger charge is -2.36. The molecule has 1 fully saturated rings. The highest BCUT2D eigenvalue weighted by Crippen LogP contribution is 2.19. The van der Waals surface area contributed by atoms with Crippen molar-refractivity contribution in [2.24, 2.45) is 7.05 Å². The predicted molar refractivity (Wildman–Crippen MR) is 128 cm³/mol.